The molecule has 0 aliphatic rings. The molecule has 0 saturated heterocycles. The third kappa shape index (κ3) is 3.89. The standard InChI is InChI=1S/C12H15NO4S/c1-3-18(16,17)13-11-7-5-4-6-10(11)8-9(2)12(14)15/h4-8,13H,3H2,1-2H3,(H,14,15)/b9-8+. The summed E-state index contributed by atoms with van der Waals surface area (Å²) in [6, 6.07) is 6.64. The summed E-state index contributed by atoms with van der Waals surface area (Å²) >= 11 is 0. The third-order valence-corrected chi connectivity index (χ3v) is 3.61. The molecule has 0 atom stereocenters. The van der Waals surface area contributed by atoms with E-state index in [0.717, 1.165) is 0 Å². The van der Waals surface area contributed by atoms with Crippen molar-refractivity contribution in [1.82, 2.24) is 0 Å². The maximum Gasteiger partial charge on any atom is 0.331 e. The lowest BCUT2D eigenvalue weighted by Crippen LogP contribution is -2.15. The van der Waals surface area contributed by atoms with Crippen molar-refractivity contribution in [3.8, 4) is 0 Å². The summed E-state index contributed by atoms with van der Waals surface area (Å²) < 4.78 is 25.4. The van der Waals surface area contributed by atoms with Gasteiger partial charge >= 0.3 is 5.97 Å². The van der Waals surface area contributed by atoms with Crippen molar-refractivity contribution in [2.75, 3.05) is 10.5 Å². The number of hydrogen-bond acceptors (Lipinski definition) is 3. The molecule has 0 unspecified atom stereocenters. The second-order valence-corrected chi connectivity index (χ2v) is 5.74. The summed E-state index contributed by atoms with van der Waals surface area (Å²) in [6.45, 7) is 2.98. The van der Waals surface area contributed by atoms with Gasteiger partial charge < -0.3 is 5.11 Å². The SMILES string of the molecule is CCS(=O)(=O)Nc1ccccc1/C=C(\C)C(=O)O. The van der Waals surface area contributed by atoms with E-state index in [0.29, 0.717) is 11.3 Å². The molecule has 0 aliphatic heterocycles. The van der Waals surface area contributed by atoms with Gasteiger partial charge in [0, 0.05) is 5.57 Å². The first-order chi connectivity index (χ1) is 8.35. The zero-order valence-electron chi connectivity index (χ0n) is 10.2. The topological polar surface area (TPSA) is 83.5 Å². The number of carboxylic acids is 1. The Balaban J connectivity index is 3.16. The molecule has 5 nitrogen and oxygen atoms in total. The Morgan fingerprint density at radius 2 is 2.00 bits per heavy atom. The molecule has 1 aromatic rings. The average molecular weight is 269 g/mol. The molecule has 0 heterocycles. The number of rotatable bonds is 5. The van der Waals surface area contributed by atoms with Gasteiger partial charge in [0.1, 0.15) is 0 Å². The van der Waals surface area contributed by atoms with Gasteiger partial charge in [0.15, 0.2) is 0 Å². The number of aliphatic carboxylic acids is 1. The van der Waals surface area contributed by atoms with E-state index in [9.17, 15) is 13.2 Å². The van der Waals surface area contributed by atoms with Gasteiger partial charge in [0.05, 0.1) is 11.4 Å². The van der Waals surface area contributed by atoms with E-state index in [1.807, 2.05) is 0 Å². The van der Waals surface area contributed by atoms with E-state index in [-0.39, 0.29) is 11.3 Å². The van der Waals surface area contributed by atoms with Gasteiger partial charge in [0.2, 0.25) is 10.0 Å². The van der Waals surface area contributed by atoms with Crippen LogP contribution in [0, 0.1) is 0 Å². The molecular weight excluding hydrogens is 254 g/mol. The number of para-hydroxylation sites is 1. The molecule has 6 heteroatoms. The van der Waals surface area contributed by atoms with E-state index in [1.54, 1.807) is 24.3 Å². The number of benzene rings is 1. The summed E-state index contributed by atoms with van der Waals surface area (Å²) in [7, 11) is -3.38. The highest BCUT2D eigenvalue weighted by atomic mass is 32.2. The summed E-state index contributed by atoms with van der Waals surface area (Å²) in [5.41, 5.74) is 1.03. The van der Waals surface area contributed by atoms with Crippen LogP contribution in [0.5, 0.6) is 0 Å². The van der Waals surface area contributed by atoms with Crippen molar-refractivity contribution in [3.63, 3.8) is 0 Å². The summed E-state index contributed by atoms with van der Waals surface area (Å²) in [5.74, 6) is -1.08. The molecule has 0 bridgehead atoms. The number of sulfonamides is 1. The normalized spacial score (nSPS) is 12.2. The number of hydrogen-bond donors (Lipinski definition) is 2. The van der Waals surface area contributed by atoms with Crippen LogP contribution in [0.15, 0.2) is 29.8 Å². The summed E-state index contributed by atoms with van der Waals surface area (Å²) in [6.07, 6.45) is 1.43. The lowest BCUT2D eigenvalue weighted by Gasteiger charge is -2.09. The minimum Gasteiger partial charge on any atom is -0.478 e. The van der Waals surface area contributed by atoms with Gasteiger partial charge in [-0.1, -0.05) is 18.2 Å². The average Bonchev–Trinajstić information content (AvgIpc) is 2.31. The molecule has 1 rings (SSSR count). The van der Waals surface area contributed by atoms with Crippen molar-refractivity contribution in [3.05, 3.63) is 35.4 Å². The predicted octanol–water partition coefficient (Wildman–Crippen LogP) is 1.94. The fourth-order valence-electron chi connectivity index (χ4n) is 1.25. The molecule has 0 aromatic heterocycles. The maximum absolute atomic E-state index is 11.5. The summed E-state index contributed by atoms with van der Waals surface area (Å²) in [4.78, 5) is 10.7. The maximum atomic E-state index is 11.5. The lowest BCUT2D eigenvalue weighted by molar-refractivity contribution is -0.132. The van der Waals surface area contributed by atoms with Crippen molar-refractivity contribution in [2.24, 2.45) is 0 Å². The number of carbonyl (C=O) groups is 1. The largest absolute Gasteiger partial charge is 0.478 e. The second-order valence-electron chi connectivity index (χ2n) is 3.73. The van der Waals surface area contributed by atoms with Crippen LogP contribution in [-0.2, 0) is 14.8 Å². The summed E-state index contributed by atoms with van der Waals surface area (Å²) in [5, 5.41) is 8.81. The lowest BCUT2D eigenvalue weighted by atomic mass is 10.1. The number of anilines is 1. The Kier molecular flexibility index (Phi) is 4.49. The second kappa shape index (κ2) is 5.68. The quantitative estimate of drug-likeness (QED) is 0.800. The molecule has 0 aliphatic carbocycles. The molecule has 18 heavy (non-hydrogen) atoms. The fraction of sp³-hybridized carbons (Fsp3) is 0.250. The monoisotopic (exact) mass is 269 g/mol. The van der Waals surface area contributed by atoms with Crippen LogP contribution in [0.25, 0.3) is 6.08 Å². The Bertz CT molecular complexity index is 575. The van der Waals surface area contributed by atoms with E-state index < -0.39 is 16.0 Å². The van der Waals surface area contributed by atoms with Crippen LogP contribution in [0.2, 0.25) is 0 Å². The van der Waals surface area contributed by atoms with Gasteiger partial charge in [-0.05, 0) is 31.6 Å². The highest BCUT2D eigenvalue weighted by Crippen LogP contribution is 2.19. The molecule has 0 saturated carbocycles. The smallest absolute Gasteiger partial charge is 0.331 e. The van der Waals surface area contributed by atoms with Crippen LogP contribution in [0.3, 0.4) is 0 Å². The van der Waals surface area contributed by atoms with Crippen LogP contribution in [-0.4, -0.2) is 25.2 Å². The molecule has 1 aromatic carbocycles. The molecular formula is C12H15NO4S. The molecule has 0 fully saturated rings. The first-order valence-corrected chi connectivity index (χ1v) is 7.02. The zero-order valence-corrected chi connectivity index (χ0v) is 11.0. The van der Waals surface area contributed by atoms with Gasteiger partial charge in [-0.3, -0.25) is 4.72 Å². The molecule has 0 radical (unpaired) electrons. The van der Waals surface area contributed by atoms with E-state index in [2.05, 4.69) is 4.72 Å². The van der Waals surface area contributed by atoms with E-state index in [1.165, 1.54) is 19.9 Å². The zero-order chi connectivity index (χ0) is 13.8. The van der Waals surface area contributed by atoms with Gasteiger partial charge in [-0.15, -0.1) is 0 Å². The van der Waals surface area contributed by atoms with Crippen molar-refractivity contribution in [1.29, 1.82) is 0 Å². The highest BCUT2D eigenvalue weighted by Gasteiger charge is 2.10. The molecule has 98 valence electrons. The minimum atomic E-state index is -3.38. The molecule has 0 spiro atoms. The molecule has 0 amide bonds. The first kappa shape index (κ1) is 14.2. The predicted molar refractivity (Wildman–Crippen MR) is 70.8 cm³/mol. The van der Waals surface area contributed by atoms with Gasteiger partial charge in [-0.25, -0.2) is 13.2 Å². The fourth-order valence-corrected chi connectivity index (χ4v) is 1.92. The van der Waals surface area contributed by atoms with Gasteiger partial charge in [0.25, 0.3) is 0 Å². The molecule has 2 N–H and O–H groups in total. The Labute approximate surface area is 106 Å². The van der Waals surface area contributed by atoms with Gasteiger partial charge in [-0.2, -0.15) is 0 Å². The highest BCUT2D eigenvalue weighted by molar-refractivity contribution is 7.92. The van der Waals surface area contributed by atoms with E-state index >= 15 is 0 Å². The van der Waals surface area contributed by atoms with Crippen molar-refractivity contribution >= 4 is 27.8 Å². The minimum absolute atomic E-state index is 0.0387. The van der Waals surface area contributed by atoms with E-state index in [4.69, 9.17) is 5.11 Å². The Morgan fingerprint density at radius 3 is 2.56 bits per heavy atom. The Morgan fingerprint density at radius 1 is 1.39 bits per heavy atom. The number of carboxylic acid groups (broad SMARTS) is 1. The third-order valence-electron chi connectivity index (χ3n) is 2.32. The van der Waals surface area contributed by atoms with Crippen molar-refractivity contribution in [2.45, 2.75) is 13.8 Å². The number of nitrogens with one attached hydrogen (secondary N) is 1. The first-order valence-electron chi connectivity index (χ1n) is 5.37. The van der Waals surface area contributed by atoms with Crippen LogP contribution >= 0.6 is 0 Å². The van der Waals surface area contributed by atoms with Crippen LogP contribution in [0.4, 0.5) is 5.69 Å². The van der Waals surface area contributed by atoms with Crippen LogP contribution in [0.1, 0.15) is 19.4 Å². The van der Waals surface area contributed by atoms with Crippen molar-refractivity contribution < 1.29 is 18.3 Å². The van der Waals surface area contributed by atoms with Crippen LogP contribution < -0.4 is 4.72 Å². The Hall–Kier alpha value is -1.82.